The molecule has 3 aromatic rings. The van der Waals surface area contributed by atoms with Gasteiger partial charge < -0.3 is 10.2 Å². The molecule has 1 aromatic carbocycles. The molecule has 2 heterocycles. The fraction of sp³-hybridized carbons (Fsp3) is 0.238. The summed E-state index contributed by atoms with van der Waals surface area (Å²) in [6, 6.07) is 11.7. The van der Waals surface area contributed by atoms with E-state index in [2.05, 4.69) is 20.3 Å². The number of aromatic nitrogens is 3. The number of hydrogen-bond acceptors (Lipinski definition) is 5. The normalized spacial score (nSPS) is 10.5. The van der Waals surface area contributed by atoms with E-state index in [0.29, 0.717) is 11.5 Å². The van der Waals surface area contributed by atoms with Crippen LogP contribution in [0.2, 0.25) is 0 Å². The zero-order valence-corrected chi connectivity index (χ0v) is 15.8. The van der Waals surface area contributed by atoms with E-state index in [-0.39, 0.29) is 5.91 Å². The SMILES string of the molecule is Cc1ccc(C)c(NC(=O)c2cc(N(C)CCc3ccncc3)ncn2)c1. The number of hydrogen-bond donors (Lipinski definition) is 1. The lowest BCUT2D eigenvalue weighted by Crippen LogP contribution is -2.23. The van der Waals surface area contributed by atoms with Gasteiger partial charge in [0.05, 0.1) is 0 Å². The highest BCUT2D eigenvalue weighted by molar-refractivity contribution is 6.03. The van der Waals surface area contributed by atoms with Crippen LogP contribution in [0.15, 0.2) is 55.1 Å². The van der Waals surface area contributed by atoms with E-state index < -0.39 is 0 Å². The summed E-state index contributed by atoms with van der Waals surface area (Å²) < 4.78 is 0. The van der Waals surface area contributed by atoms with Crippen LogP contribution in [0, 0.1) is 13.8 Å². The molecular formula is C21H23N5O. The fourth-order valence-electron chi connectivity index (χ4n) is 2.70. The maximum Gasteiger partial charge on any atom is 0.274 e. The van der Waals surface area contributed by atoms with E-state index in [1.54, 1.807) is 18.5 Å². The molecule has 0 saturated heterocycles. The second-order valence-electron chi connectivity index (χ2n) is 6.56. The zero-order chi connectivity index (χ0) is 19.2. The number of amides is 1. The first-order valence-electron chi connectivity index (χ1n) is 8.83. The van der Waals surface area contributed by atoms with Gasteiger partial charge >= 0.3 is 0 Å². The molecule has 0 aliphatic rings. The molecule has 0 spiro atoms. The minimum absolute atomic E-state index is 0.241. The van der Waals surface area contributed by atoms with Gasteiger partial charge in [-0.05, 0) is 55.2 Å². The Bertz CT molecular complexity index is 927. The van der Waals surface area contributed by atoms with Crippen molar-refractivity contribution < 1.29 is 4.79 Å². The van der Waals surface area contributed by atoms with Gasteiger partial charge in [0, 0.05) is 37.7 Å². The monoisotopic (exact) mass is 361 g/mol. The van der Waals surface area contributed by atoms with Crippen molar-refractivity contribution in [3.63, 3.8) is 0 Å². The molecule has 6 heteroatoms. The van der Waals surface area contributed by atoms with Gasteiger partial charge in [-0.3, -0.25) is 9.78 Å². The van der Waals surface area contributed by atoms with Gasteiger partial charge in [0.1, 0.15) is 17.8 Å². The molecular weight excluding hydrogens is 338 g/mol. The summed E-state index contributed by atoms with van der Waals surface area (Å²) in [6.45, 7) is 4.74. The Hall–Kier alpha value is -3.28. The van der Waals surface area contributed by atoms with E-state index in [4.69, 9.17) is 0 Å². The van der Waals surface area contributed by atoms with Crippen molar-refractivity contribution in [1.29, 1.82) is 0 Å². The van der Waals surface area contributed by atoms with Crippen LogP contribution in [0.1, 0.15) is 27.2 Å². The number of likely N-dealkylation sites (N-methyl/N-ethyl adjacent to an activating group) is 1. The summed E-state index contributed by atoms with van der Waals surface area (Å²) in [4.78, 5) is 27.1. The number of anilines is 2. The molecule has 1 N–H and O–H groups in total. The van der Waals surface area contributed by atoms with Gasteiger partial charge in [-0.15, -0.1) is 0 Å². The van der Waals surface area contributed by atoms with E-state index >= 15 is 0 Å². The Balaban J connectivity index is 1.68. The first kappa shape index (κ1) is 18.5. The van der Waals surface area contributed by atoms with Gasteiger partial charge in [0.25, 0.3) is 5.91 Å². The molecule has 2 aromatic heterocycles. The van der Waals surface area contributed by atoms with Crippen molar-refractivity contribution in [3.8, 4) is 0 Å². The average molecular weight is 361 g/mol. The number of carbonyl (C=O) groups excluding carboxylic acids is 1. The van der Waals surface area contributed by atoms with Crippen LogP contribution in [0.4, 0.5) is 11.5 Å². The molecule has 138 valence electrons. The summed E-state index contributed by atoms with van der Waals surface area (Å²) in [6.07, 6.45) is 5.87. The average Bonchev–Trinajstić information content (AvgIpc) is 2.69. The Morgan fingerprint density at radius 1 is 1.07 bits per heavy atom. The number of carbonyl (C=O) groups is 1. The van der Waals surface area contributed by atoms with Gasteiger partial charge in [-0.1, -0.05) is 12.1 Å². The number of aryl methyl sites for hydroxylation is 2. The quantitative estimate of drug-likeness (QED) is 0.728. The number of pyridine rings is 1. The number of rotatable bonds is 6. The van der Waals surface area contributed by atoms with Crippen molar-refractivity contribution >= 4 is 17.4 Å². The molecule has 0 radical (unpaired) electrons. The Morgan fingerprint density at radius 2 is 1.85 bits per heavy atom. The van der Waals surface area contributed by atoms with Crippen LogP contribution in [0.5, 0.6) is 0 Å². The molecule has 0 saturated carbocycles. The topological polar surface area (TPSA) is 71.0 Å². The highest BCUT2D eigenvalue weighted by atomic mass is 16.1. The predicted molar refractivity (Wildman–Crippen MR) is 107 cm³/mol. The van der Waals surface area contributed by atoms with E-state index in [9.17, 15) is 4.79 Å². The summed E-state index contributed by atoms with van der Waals surface area (Å²) in [7, 11) is 1.95. The lowest BCUT2D eigenvalue weighted by molar-refractivity contribution is 0.102. The maximum absolute atomic E-state index is 12.6. The van der Waals surface area contributed by atoms with E-state index in [0.717, 1.165) is 29.8 Å². The molecule has 0 atom stereocenters. The van der Waals surface area contributed by atoms with Gasteiger partial charge in [-0.25, -0.2) is 9.97 Å². The van der Waals surface area contributed by atoms with Crippen LogP contribution >= 0.6 is 0 Å². The fourth-order valence-corrected chi connectivity index (χ4v) is 2.70. The highest BCUT2D eigenvalue weighted by Crippen LogP contribution is 2.18. The van der Waals surface area contributed by atoms with Gasteiger partial charge in [-0.2, -0.15) is 0 Å². The predicted octanol–water partition coefficient (Wildman–Crippen LogP) is 3.42. The molecule has 0 bridgehead atoms. The molecule has 0 aliphatic carbocycles. The van der Waals surface area contributed by atoms with Crippen LogP contribution in [0.25, 0.3) is 0 Å². The molecule has 27 heavy (non-hydrogen) atoms. The standard InChI is InChI=1S/C21H23N5O/c1-15-4-5-16(2)18(12-15)25-21(27)19-13-20(24-14-23-19)26(3)11-8-17-6-9-22-10-7-17/h4-7,9-10,12-14H,8,11H2,1-3H3,(H,25,27). The summed E-state index contributed by atoms with van der Waals surface area (Å²) in [5.41, 5.74) is 4.45. The summed E-state index contributed by atoms with van der Waals surface area (Å²) >= 11 is 0. The smallest absolute Gasteiger partial charge is 0.274 e. The summed E-state index contributed by atoms with van der Waals surface area (Å²) in [5.74, 6) is 0.472. The van der Waals surface area contributed by atoms with Crippen molar-refractivity contribution in [2.24, 2.45) is 0 Å². The largest absolute Gasteiger partial charge is 0.359 e. The molecule has 0 fully saturated rings. The van der Waals surface area contributed by atoms with Crippen molar-refractivity contribution in [2.45, 2.75) is 20.3 Å². The number of nitrogens with zero attached hydrogens (tertiary/aromatic N) is 4. The van der Waals surface area contributed by atoms with Crippen molar-refractivity contribution in [1.82, 2.24) is 15.0 Å². The third-order valence-electron chi connectivity index (χ3n) is 4.40. The van der Waals surface area contributed by atoms with E-state index in [1.807, 2.05) is 56.1 Å². The molecule has 1 amide bonds. The highest BCUT2D eigenvalue weighted by Gasteiger charge is 2.12. The van der Waals surface area contributed by atoms with Crippen LogP contribution < -0.4 is 10.2 Å². The van der Waals surface area contributed by atoms with Gasteiger partial charge in [0.2, 0.25) is 0 Å². The second kappa shape index (κ2) is 8.40. The first-order valence-corrected chi connectivity index (χ1v) is 8.83. The van der Waals surface area contributed by atoms with Gasteiger partial charge in [0.15, 0.2) is 0 Å². The second-order valence-corrected chi connectivity index (χ2v) is 6.56. The van der Waals surface area contributed by atoms with Crippen LogP contribution in [-0.2, 0) is 6.42 Å². The first-order chi connectivity index (χ1) is 13.0. The zero-order valence-electron chi connectivity index (χ0n) is 15.8. The van der Waals surface area contributed by atoms with Crippen LogP contribution in [0.3, 0.4) is 0 Å². The van der Waals surface area contributed by atoms with Crippen LogP contribution in [-0.4, -0.2) is 34.5 Å². The third kappa shape index (κ3) is 4.88. The molecule has 6 nitrogen and oxygen atoms in total. The number of benzene rings is 1. The number of nitrogens with one attached hydrogen (secondary N) is 1. The minimum Gasteiger partial charge on any atom is -0.359 e. The lowest BCUT2D eigenvalue weighted by atomic mass is 10.1. The maximum atomic E-state index is 12.6. The van der Waals surface area contributed by atoms with E-state index in [1.165, 1.54) is 11.9 Å². The lowest BCUT2D eigenvalue weighted by Gasteiger charge is -2.18. The van der Waals surface area contributed by atoms with Crippen molar-refractivity contribution in [3.05, 3.63) is 77.5 Å². The van der Waals surface area contributed by atoms with Crippen molar-refractivity contribution in [2.75, 3.05) is 23.8 Å². The summed E-state index contributed by atoms with van der Waals surface area (Å²) in [5, 5.41) is 2.94. The third-order valence-corrected chi connectivity index (χ3v) is 4.40. The molecule has 0 aliphatic heterocycles. The minimum atomic E-state index is -0.241. The Labute approximate surface area is 159 Å². The Kier molecular flexibility index (Phi) is 5.76. The Morgan fingerprint density at radius 3 is 2.63 bits per heavy atom. The molecule has 0 unspecified atom stereocenters. The molecule has 3 rings (SSSR count).